The zero-order valence-electron chi connectivity index (χ0n) is 14.7. The van der Waals surface area contributed by atoms with Crippen molar-refractivity contribution in [2.75, 3.05) is 13.1 Å². The molecule has 2 N–H and O–H groups in total. The first-order valence-electron chi connectivity index (χ1n) is 7.98. The van der Waals surface area contributed by atoms with E-state index in [1.165, 1.54) is 24.4 Å². The van der Waals surface area contributed by atoms with Crippen LogP contribution in [0, 0.1) is 6.92 Å². The molecule has 2 aromatic rings. The van der Waals surface area contributed by atoms with Gasteiger partial charge in [-0.3, -0.25) is 18.8 Å². The van der Waals surface area contributed by atoms with Gasteiger partial charge in [-0.1, -0.05) is 0 Å². The molecule has 0 saturated heterocycles. The number of nitrogens with zero attached hydrogens (tertiary/aromatic N) is 3. The average molecular weight is 360 g/mol. The molecule has 2 aromatic heterocycles. The molecule has 2 heterocycles. The summed E-state index contributed by atoms with van der Waals surface area (Å²) in [5.74, 6) is -2.27. The monoisotopic (exact) mass is 360 g/mol. The molecule has 0 radical (unpaired) electrons. The Morgan fingerprint density at radius 2 is 2.08 bits per heavy atom. The van der Waals surface area contributed by atoms with Crippen LogP contribution in [0.4, 0.5) is 0 Å². The van der Waals surface area contributed by atoms with Crippen LogP contribution in [0.5, 0.6) is 0 Å². The van der Waals surface area contributed by atoms with Crippen molar-refractivity contribution in [3.05, 3.63) is 46.0 Å². The number of aryl methyl sites for hydroxylation is 1. The third-order valence-electron chi connectivity index (χ3n) is 3.91. The number of carbonyl (C=O) groups excluding carboxylic acids is 2. The Bertz CT molecular complexity index is 921. The Kier molecular flexibility index (Phi) is 5.71. The van der Waals surface area contributed by atoms with E-state index in [9.17, 15) is 24.3 Å². The molecular formula is C17H20N4O5. The third kappa shape index (κ3) is 4.05. The van der Waals surface area contributed by atoms with E-state index in [2.05, 4.69) is 10.3 Å². The van der Waals surface area contributed by atoms with E-state index in [4.69, 9.17) is 0 Å². The Balaban J connectivity index is 2.40. The summed E-state index contributed by atoms with van der Waals surface area (Å²) in [6, 6.07) is 2.23. The summed E-state index contributed by atoms with van der Waals surface area (Å²) in [6.07, 6.45) is 2.67. The highest BCUT2D eigenvalue weighted by atomic mass is 16.4. The normalized spacial score (nSPS) is 11.8. The Hall–Kier alpha value is -3.23. The van der Waals surface area contributed by atoms with E-state index in [1.54, 1.807) is 12.1 Å². The fourth-order valence-corrected chi connectivity index (χ4v) is 2.43. The van der Waals surface area contributed by atoms with E-state index >= 15 is 0 Å². The molecule has 0 aliphatic carbocycles. The van der Waals surface area contributed by atoms with Gasteiger partial charge in [-0.15, -0.1) is 0 Å². The van der Waals surface area contributed by atoms with Crippen molar-refractivity contribution in [2.24, 2.45) is 0 Å². The van der Waals surface area contributed by atoms with Crippen LogP contribution in [0.25, 0.3) is 5.65 Å². The Labute approximate surface area is 149 Å². The second kappa shape index (κ2) is 7.77. The molecule has 0 aliphatic rings. The lowest BCUT2D eigenvalue weighted by Crippen LogP contribution is -2.48. The van der Waals surface area contributed by atoms with Gasteiger partial charge in [0, 0.05) is 32.4 Å². The highest BCUT2D eigenvalue weighted by Crippen LogP contribution is 2.08. The first kappa shape index (κ1) is 19.1. The minimum Gasteiger partial charge on any atom is -0.480 e. The molecule has 0 saturated carbocycles. The smallest absolute Gasteiger partial charge is 0.326 e. The zero-order valence-corrected chi connectivity index (χ0v) is 14.7. The van der Waals surface area contributed by atoms with Crippen molar-refractivity contribution in [3.63, 3.8) is 0 Å². The molecule has 0 aliphatic heterocycles. The molecule has 9 heteroatoms. The number of amides is 2. The molecule has 0 bridgehead atoms. The van der Waals surface area contributed by atoms with Crippen LogP contribution in [0.15, 0.2) is 29.3 Å². The van der Waals surface area contributed by atoms with Gasteiger partial charge in [-0.25, -0.2) is 9.78 Å². The first-order chi connectivity index (χ1) is 12.2. The summed E-state index contributed by atoms with van der Waals surface area (Å²) in [7, 11) is 0. The minimum absolute atomic E-state index is 0.0536. The molecular weight excluding hydrogens is 340 g/mol. The van der Waals surface area contributed by atoms with Gasteiger partial charge in [-0.05, 0) is 31.5 Å². The number of hydrogen-bond donors (Lipinski definition) is 2. The van der Waals surface area contributed by atoms with Crippen molar-refractivity contribution in [3.8, 4) is 0 Å². The largest absolute Gasteiger partial charge is 0.480 e. The van der Waals surface area contributed by atoms with E-state index in [-0.39, 0.29) is 24.6 Å². The second-order valence-electron chi connectivity index (χ2n) is 5.91. The van der Waals surface area contributed by atoms with Crippen LogP contribution >= 0.6 is 0 Å². The predicted molar refractivity (Wildman–Crippen MR) is 93.0 cm³/mol. The maximum atomic E-state index is 12.8. The SMILES string of the molecule is CC(=O)NCCN(C(=O)c1cnc2cc(C)ccn2c1=O)C(C)C(=O)O. The Morgan fingerprint density at radius 1 is 1.38 bits per heavy atom. The lowest BCUT2D eigenvalue weighted by molar-refractivity contribution is -0.141. The lowest BCUT2D eigenvalue weighted by Gasteiger charge is -2.26. The van der Waals surface area contributed by atoms with Crippen LogP contribution in [-0.2, 0) is 9.59 Å². The van der Waals surface area contributed by atoms with Crippen LogP contribution in [-0.4, -0.2) is 56.3 Å². The first-order valence-corrected chi connectivity index (χ1v) is 7.98. The highest BCUT2D eigenvalue weighted by Gasteiger charge is 2.28. The zero-order chi connectivity index (χ0) is 19.4. The summed E-state index contributed by atoms with van der Waals surface area (Å²) in [4.78, 5) is 52.9. The fraction of sp³-hybridized carbons (Fsp3) is 0.353. The average Bonchev–Trinajstić information content (AvgIpc) is 2.57. The summed E-state index contributed by atoms with van der Waals surface area (Å²) >= 11 is 0. The number of carboxylic acids is 1. The highest BCUT2D eigenvalue weighted by molar-refractivity contribution is 5.96. The van der Waals surface area contributed by atoms with Crippen LogP contribution in [0.3, 0.4) is 0 Å². The molecule has 26 heavy (non-hydrogen) atoms. The van der Waals surface area contributed by atoms with Crippen molar-refractivity contribution in [2.45, 2.75) is 26.8 Å². The van der Waals surface area contributed by atoms with E-state index in [0.717, 1.165) is 16.7 Å². The quantitative estimate of drug-likeness (QED) is 0.751. The van der Waals surface area contributed by atoms with Gasteiger partial charge in [0.05, 0.1) is 0 Å². The third-order valence-corrected chi connectivity index (χ3v) is 3.91. The number of rotatable bonds is 6. The number of aromatic nitrogens is 2. The summed E-state index contributed by atoms with van der Waals surface area (Å²) in [5, 5.41) is 11.8. The summed E-state index contributed by atoms with van der Waals surface area (Å²) in [5.41, 5.74) is 0.486. The van der Waals surface area contributed by atoms with Crippen molar-refractivity contribution in [1.82, 2.24) is 19.6 Å². The molecule has 2 rings (SSSR count). The molecule has 0 fully saturated rings. The second-order valence-corrected chi connectivity index (χ2v) is 5.91. The summed E-state index contributed by atoms with van der Waals surface area (Å²) < 4.78 is 1.23. The van der Waals surface area contributed by atoms with E-state index in [0.29, 0.717) is 5.65 Å². The van der Waals surface area contributed by atoms with Gasteiger partial charge in [0.15, 0.2) is 0 Å². The molecule has 138 valence electrons. The van der Waals surface area contributed by atoms with Crippen LogP contribution in [0.1, 0.15) is 29.8 Å². The van der Waals surface area contributed by atoms with Gasteiger partial charge in [0.1, 0.15) is 17.3 Å². The number of nitrogens with one attached hydrogen (secondary N) is 1. The van der Waals surface area contributed by atoms with Crippen molar-refractivity contribution >= 4 is 23.4 Å². The predicted octanol–water partition coefficient (Wildman–Crippen LogP) is 0.0543. The summed E-state index contributed by atoms with van der Waals surface area (Å²) in [6.45, 7) is 4.52. The van der Waals surface area contributed by atoms with Gasteiger partial charge in [-0.2, -0.15) is 0 Å². The van der Waals surface area contributed by atoms with Gasteiger partial charge >= 0.3 is 5.97 Å². The number of carboxylic acid groups (broad SMARTS) is 1. The van der Waals surface area contributed by atoms with Gasteiger partial charge in [0.2, 0.25) is 5.91 Å². The standard InChI is InChI=1S/C17H20N4O5/c1-10-4-6-21-14(8-10)19-9-13(16(21)24)15(23)20(11(2)17(25)26)7-5-18-12(3)22/h4,6,8-9,11H,5,7H2,1-3H3,(H,18,22)(H,25,26). The van der Waals surface area contributed by atoms with E-state index < -0.39 is 23.5 Å². The molecule has 0 aromatic carbocycles. The van der Waals surface area contributed by atoms with Crippen LogP contribution < -0.4 is 10.9 Å². The number of carbonyl (C=O) groups is 3. The van der Waals surface area contributed by atoms with Crippen molar-refractivity contribution < 1.29 is 19.5 Å². The fourth-order valence-electron chi connectivity index (χ4n) is 2.43. The van der Waals surface area contributed by atoms with E-state index in [1.807, 2.05) is 6.92 Å². The number of fused-ring (bicyclic) bond motifs is 1. The lowest BCUT2D eigenvalue weighted by atomic mass is 10.2. The minimum atomic E-state index is -1.22. The number of aliphatic carboxylic acids is 1. The molecule has 1 unspecified atom stereocenters. The maximum absolute atomic E-state index is 12.8. The molecule has 0 spiro atoms. The molecule has 1 atom stereocenters. The van der Waals surface area contributed by atoms with Crippen molar-refractivity contribution in [1.29, 1.82) is 0 Å². The topological polar surface area (TPSA) is 121 Å². The molecule has 9 nitrogen and oxygen atoms in total. The Morgan fingerprint density at radius 3 is 2.69 bits per heavy atom. The van der Waals surface area contributed by atoms with Crippen LogP contribution in [0.2, 0.25) is 0 Å². The maximum Gasteiger partial charge on any atom is 0.326 e. The van der Waals surface area contributed by atoms with Gasteiger partial charge < -0.3 is 15.3 Å². The molecule has 2 amide bonds. The number of pyridine rings is 1. The number of hydrogen-bond acceptors (Lipinski definition) is 5. The van der Waals surface area contributed by atoms with Gasteiger partial charge in [0.25, 0.3) is 11.5 Å².